The zero-order chi connectivity index (χ0) is 21.6. The van der Waals surface area contributed by atoms with E-state index < -0.39 is 21.8 Å². The maximum atomic E-state index is 12.3. The zero-order valence-electron chi connectivity index (χ0n) is 16.6. The van der Waals surface area contributed by atoms with Crippen LogP contribution in [-0.4, -0.2) is 52.3 Å². The van der Waals surface area contributed by atoms with Crippen LogP contribution in [0.5, 0.6) is 11.5 Å². The lowest BCUT2D eigenvalue weighted by Gasteiger charge is -2.13. The standard InChI is InChI=1S/C19H23N3O6S/c1-5-28-16-10-9-14(12-17(16)27-4)19(24)21-20-18(23)13-7-6-8-15(11-13)29(25,26)22(2)3/h6-12H,5H2,1-4H3,(H,20,23)(H,21,24). The molecule has 0 aromatic heterocycles. The number of sulfonamides is 1. The number of hydrogen-bond donors (Lipinski definition) is 2. The van der Waals surface area contributed by atoms with Crippen LogP contribution >= 0.6 is 0 Å². The molecule has 9 nitrogen and oxygen atoms in total. The Kier molecular flexibility index (Phi) is 7.18. The molecule has 0 heterocycles. The topological polar surface area (TPSA) is 114 Å². The fraction of sp³-hybridized carbons (Fsp3) is 0.263. The second kappa shape index (κ2) is 9.39. The van der Waals surface area contributed by atoms with Crippen LogP contribution in [0.3, 0.4) is 0 Å². The molecule has 0 bridgehead atoms. The quantitative estimate of drug-likeness (QED) is 0.654. The summed E-state index contributed by atoms with van der Waals surface area (Å²) in [5.74, 6) is -0.356. The molecule has 0 radical (unpaired) electrons. The molecule has 0 atom stereocenters. The second-order valence-corrected chi connectivity index (χ2v) is 8.17. The van der Waals surface area contributed by atoms with Crippen LogP contribution in [0.25, 0.3) is 0 Å². The van der Waals surface area contributed by atoms with Gasteiger partial charge in [-0.2, -0.15) is 0 Å². The van der Waals surface area contributed by atoms with E-state index in [2.05, 4.69) is 10.9 Å². The highest BCUT2D eigenvalue weighted by atomic mass is 32.2. The SMILES string of the molecule is CCOc1ccc(C(=O)NNC(=O)c2cccc(S(=O)(=O)N(C)C)c2)cc1OC. The van der Waals surface area contributed by atoms with Crippen molar-refractivity contribution in [1.82, 2.24) is 15.2 Å². The number of rotatable bonds is 7. The zero-order valence-corrected chi connectivity index (χ0v) is 17.4. The van der Waals surface area contributed by atoms with Crippen molar-refractivity contribution in [2.24, 2.45) is 0 Å². The minimum atomic E-state index is -3.68. The van der Waals surface area contributed by atoms with Gasteiger partial charge in [0.1, 0.15) is 0 Å². The predicted octanol–water partition coefficient (Wildman–Crippen LogP) is 1.42. The Morgan fingerprint density at radius 3 is 2.14 bits per heavy atom. The van der Waals surface area contributed by atoms with Crippen molar-refractivity contribution >= 4 is 21.8 Å². The Hall–Kier alpha value is -3.11. The van der Waals surface area contributed by atoms with Gasteiger partial charge < -0.3 is 9.47 Å². The first kappa shape index (κ1) is 22.2. The van der Waals surface area contributed by atoms with E-state index in [1.807, 2.05) is 6.92 Å². The molecule has 0 saturated carbocycles. The van der Waals surface area contributed by atoms with Crippen LogP contribution in [0, 0.1) is 0 Å². The number of hydrogen-bond acceptors (Lipinski definition) is 6. The van der Waals surface area contributed by atoms with E-state index in [9.17, 15) is 18.0 Å². The first-order chi connectivity index (χ1) is 13.7. The number of methoxy groups -OCH3 is 1. The Balaban J connectivity index is 2.10. The Morgan fingerprint density at radius 2 is 1.59 bits per heavy atom. The maximum Gasteiger partial charge on any atom is 0.269 e. The van der Waals surface area contributed by atoms with Crippen LogP contribution in [-0.2, 0) is 10.0 Å². The highest BCUT2D eigenvalue weighted by molar-refractivity contribution is 7.89. The summed E-state index contributed by atoms with van der Waals surface area (Å²) in [5, 5.41) is 0. The van der Waals surface area contributed by atoms with Gasteiger partial charge in [-0.1, -0.05) is 6.07 Å². The third-order valence-corrected chi connectivity index (χ3v) is 5.70. The van der Waals surface area contributed by atoms with Gasteiger partial charge in [0.15, 0.2) is 11.5 Å². The normalized spacial score (nSPS) is 11.1. The lowest BCUT2D eigenvalue weighted by molar-refractivity contribution is 0.0846. The van der Waals surface area contributed by atoms with E-state index >= 15 is 0 Å². The van der Waals surface area contributed by atoms with Crippen LogP contribution in [0.4, 0.5) is 0 Å². The van der Waals surface area contributed by atoms with Crippen molar-refractivity contribution in [2.45, 2.75) is 11.8 Å². The third-order valence-electron chi connectivity index (χ3n) is 3.89. The fourth-order valence-corrected chi connectivity index (χ4v) is 3.30. The molecule has 2 N–H and O–H groups in total. The summed E-state index contributed by atoms with van der Waals surface area (Å²) >= 11 is 0. The number of nitrogens with zero attached hydrogens (tertiary/aromatic N) is 1. The lowest BCUT2D eigenvalue weighted by atomic mass is 10.2. The highest BCUT2D eigenvalue weighted by Crippen LogP contribution is 2.27. The second-order valence-electron chi connectivity index (χ2n) is 6.02. The number of carbonyl (C=O) groups is 2. The monoisotopic (exact) mass is 421 g/mol. The van der Waals surface area contributed by atoms with E-state index in [1.165, 1.54) is 57.6 Å². The van der Waals surface area contributed by atoms with Gasteiger partial charge in [-0.3, -0.25) is 20.4 Å². The number of hydrazine groups is 1. The smallest absolute Gasteiger partial charge is 0.269 e. The Bertz CT molecular complexity index is 1000. The molecule has 2 amide bonds. The largest absolute Gasteiger partial charge is 0.493 e. The van der Waals surface area contributed by atoms with Crippen LogP contribution in [0.2, 0.25) is 0 Å². The Morgan fingerprint density at radius 1 is 0.966 bits per heavy atom. The molecular formula is C19H23N3O6S. The maximum absolute atomic E-state index is 12.3. The summed E-state index contributed by atoms with van der Waals surface area (Å²) in [4.78, 5) is 24.6. The number of ether oxygens (including phenoxy) is 2. The predicted molar refractivity (Wildman–Crippen MR) is 106 cm³/mol. The number of nitrogens with one attached hydrogen (secondary N) is 2. The summed E-state index contributed by atoms with van der Waals surface area (Å²) in [7, 11) is 0.563. The number of carbonyl (C=O) groups excluding carboxylic acids is 2. The molecular weight excluding hydrogens is 398 g/mol. The minimum absolute atomic E-state index is 0.0299. The van der Waals surface area contributed by atoms with Gasteiger partial charge in [-0.15, -0.1) is 0 Å². The van der Waals surface area contributed by atoms with E-state index in [-0.39, 0.29) is 16.0 Å². The molecule has 0 fully saturated rings. The van der Waals surface area contributed by atoms with Crippen molar-refractivity contribution in [3.05, 3.63) is 53.6 Å². The molecule has 0 spiro atoms. The molecule has 2 aromatic rings. The fourth-order valence-electron chi connectivity index (χ4n) is 2.35. The van der Waals surface area contributed by atoms with E-state index in [0.29, 0.717) is 18.1 Å². The van der Waals surface area contributed by atoms with Gasteiger partial charge in [0.05, 0.1) is 18.6 Å². The summed E-state index contributed by atoms with van der Waals surface area (Å²) in [6, 6.07) is 10.1. The van der Waals surface area contributed by atoms with Crippen LogP contribution in [0.15, 0.2) is 47.4 Å². The van der Waals surface area contributed by atoms with Crippen molar-refractivity contribution in [3.8, 4) is 11.5 Å². The van der Waals surface area contributed by atoms with Crippen LogP contribution in [0.1, 0.15) is 27.6 Å². The molecule has 0 unspecified atom stereocenters. The summed E-state index contributed by atoms with van der Waals surface area (Å²) in [5.41, 5.74) is 4.88. The summed E-state index contributed by atoms with van der Waals surface area (Å²) in [6.07, 6.45) is 0. The van der Waals surface area contributed by atoms with Gasteiger partial charge in [-0.05, 0) is 43.3 Å². The van der Waals surface area contributed by atoms with E-state index in [4.69, 9.17) is 9.47 Å². The van der Waals surface area contributed by atoms with Gasteiger partial charge >= 0.3 is 0 Å². The van der Waals surface area contributed by atoms with Crippen molar-refractivity contribution in [1.29, 1.82) is 0 Å². The molecule has 29 heavy (non-hydrogen) atoms. The first-order valence-corrected chi connectivity index (χ1v) is 10.1. The third kappa shape index (κ3) is 5.24. The molecule has 10 heteroatoms. The number of benzene rings is 2. The van der Waals surface area contributed by atoms with E-state index in [0.717, 1.165) is 4.31 Å². The number of amides is 2. The summed E-state index contributed by atoms with van der Waals surface area (Å²) < 4.78 is 36.0. The van der Waals surface area contributed by atoms with Gasteiger partial charge in [-0.25, -0.2) is 12.7 Å². The molecule has 0 saturated heterocycles. The molecule has 2 rings (SSSR count). The van der Waals surface area contributed by atoms with Crippen molar-refractivity contribution in [3.63, 3.8) is 0 Å². The molecule has 2 aromatic carbocycles. The molecule has 0 aliphatic heterocycles. The molecule has 0 aliphatic rings. The van der Waals surface area contributed by atoms with Crippen molar-refractivity contribution < 1.29 is 27.5 Å². The van der Waals surface area contributed by atoms with Crippen LogP contribution < -0.4 is 20.3 Å². The lowest BCUT2D eigenvalue weighted by Crippen LogP contribution is -2.41. The first-order valence-electron chi connectivity index (χ1n) is 8.64. The highest BCUT2D eigenvalue weighted by Gasteiger charge is 2.19. The van der Waals surface area contributed by atoms with Crippen molar-refractivity contribution in [2.75, 3.05) is 27.8 Å². The van der Waals surface area contributed by atoms with Gasteiger partial charge in [0, 0.05) is 25.2 Å². The van der Waals surface area contributed by atoms with E-state index in [1.54, 1.807) is 6.07 Å². The average Bonchev–Trinajstić information content (AvgIpc) is 2.72. The average molecular weight is 421 g/mol. The minimum Gasteiger partial charge on any atom is -0.493 e. The molecule has 156 valence electrons. The Labute approximate surface area is 169 Å². The molecule has 0 aliphatic carbocycles. The van der Waals surface area contributed by atoms with Gasteiger partial charge in [0.25, 0.3) is 11.8 Å². The summed E-state index contributed by atoms with van der Waals surface area (Å²) in [6.45, 7) is 2.27. The van der Waals surface area contributed by atoms with Gasteiger partial charge in [0.2, 0.25) is 10.0 Å².